The summed E-state index contributed by atoms with van der Waals surface area (Å²) in [4.78, 5) is 11.8. The van der Waals surface area contributed by atoms with Crippen LogP contribution in [0.5, 0.6) is 5.75 Å². The Morgan fingerprint density at radius 3 is 2.39 bits per heavy atom. The number of ether oxygens (including phenoxy) is 1. The van der Waals surface area contributed by atoms with Crippen LogP contribution >= 0.6 is 0 Å². The number of rotatable bonds is 11. The fraction of sp³-hybridized carbons (Fsp3) is 0.562. The van der Waals surface area contributed by atoms with E-state index < -0.39 is 10.0 Å². The highest BCUT2D eigenvalue weighted by Gasteiger charge is 2.14. The molecular formula is C16H26N2O4S. The van der Waals surface area contributed by atoms with Crippen molar-refractivity contribution in [2.24, 2.45) is 0 Å². The summed E-state index contributed by atoms with van der Waals surface area (Å²) in [6, 6.07) is 6.10. The average molecular weight is 342 g/mol. The number of sulfonamides is 1. The summed E-state index contributed by atoms with van der Waals surface area (Å²) in [5.74, 6) is 0.449. The Balaban J connectivity index is 2.31. The predicted octanol–water partition coefficient (Wildman–Crippen LogP) is 2.06. The Labute approximate surface area is 138 Å². The number of benzene rings is 1. The highest BCUT2D eigenvalue weighted by atomic mass is 32.2. The first-order valence-electron chi connectivity index (χ1n) is 7.90. The largest absolute Gasteiger partial charge is 0.497 e. The molecule has 0 aliphatic rings. The van der Waals surface area contributed by atoms with Crippen LogP contribution in [0.15, 0.2) is 29.2 Å². The molecule has 0 atom stereocenters. The van der Waals surface area contributed by atoms with Gasteiger partial charge in [-0.1, -0.05) is 26.2 Å². The number of hydrogen-bond donors (Lipinski definition) is 2. The van der Waals surface area contributed by atoms with Crippen molar-refractivity contribution < 1.29 is 17.9 Å². The zero-order valence-corrected chi connectivity index (χ0v) is 14.6. The van der Waals surface area contributed by atoms with E-state index in [0.29, 0.717) is 12.3 Å². The third kappa shape index (κ3) is 7.47. The number of carbonyl (C=O) groups is 1. The Kier molecular flexibility index (Phi) is 8.65. The first kappa shape index (κ1) is 19.4. The first-order chi connectivity index (χ1) is 11.0. The topological polar surface area (TPSA) is 84.5 Å². The van der Waals surface area contributed by atoms with Crippen molar-refractivity contribution in [3.05, 3.63) is 24.3 Å². The molecule has 0 fully saturated rings. The Morgan fingerprint density at radius 1 is 1.09 bits per heavy atom. The second-order valence-corrected chi connectivity index (χ2v) is 7.00. The lowest BCUT2D eigenvalue weighted by molar-refractivity contribution is -0.120. The molecule has 0 aliphatic carbocycles. The van der Waals surface area contributed by atoms with Gasteiger partial charge in [-0.25, -0.2) is 13.1 Å². The van der Waals surface area contributed by atoms with Gasteiger partial charge in [-0.05, 0) is 30.7 Å². The minimum absolute atomic E-state index is 0.0785. The number of hydrogen-bond acceptors (Lipinski definition) is 4. The highest BCUT2D eigenvalue weighted by molar-refractivity contribution is 7.89. The quantitative estimate of drug-likeness (QED) is 0.603. The zero-order chi connectivity index (χ0) is 17.1. The van der Waals surface area contributed by atoms with Gasteiger partial charge in [0.25, 0.3) is 0 Å². The molecule has 1 amide bonds. The SMILES string of the molecule is CCCCCCNC(=O)CCNS(=O)(=O)c1ccc(OC)cc1. The number of carbonyl (C=O) groups excluding carboxylic acids is 1. The maximum atomic E-state index is 12.1. The smallest absolute Gasteiger partial charge is 0.240 e. The summed E-state index contributed by atoms with van der Waals surface area (Å²) in [5, 5.41) is 2.79. The molecule has 0 bridgehead atoms. The fourth-order valence-corrected chi connectivity index (χ4v) is 3.04. The molecule has 23 heavy (non-hydrogen) atoms. The van der Waals surface area contributed by atoms with E-state index in [4.69, 9.17) is 4.74 Å². The maximum absolute atomic E-state index is 12.1. The van der Waals surface area contributed by atoms with Crippen LogP contribution in [0.1, 0.15) is 39.0 Å². The minimum atomic E-state index is -3.60. The number of methoxy groups -OCH3 is 1. The van der Waals surface area contributed by atoms with Crippen LogP contribution in [0, 0.1) is 0 Å². The molecule has 0 unspecified atom stereocenters. The van der Waals surface area contributed by atoms with Gasteiger partial charge >= 0.3 is 0 Å². The van der Waals surface area contributed by atoms with Gasteiger partial charge in [0.2, 0.25) is 15.9 Å². The molecule has 6 nitrogen and oxygen atoms in total. The van der Waals surface area contributed by atoms with E-state index in [2.05, 4.69) is 17.0 Å². The fourth-order valence-electron chi connectivity index (χ4n) is 2.01. The van der Waals surface area contributed by atoms with Crippen LogP contribution in [-0.2, 0) is 14.8 Å². The summed E-state index contributed by atoms with van der Waals surface area (Å²) in [5.41, 5.74) is 0. The van der Waals surface area contributed by atoms with Gasteiger partial charge in [0.15, 0.2) is 0 Å². The first-order valence-corrected chi connectivity index (χ1v) is 9.38. The van der Waals surface area contributed by atoms with Gasteiger partial charge in [-0.15, -0.1) is 0 Å². The summed E-state index contributed by atoms with van der Waals surface area (Å²) >= 11 is 0. The van der Waals surface area contributed by atoms with Gasteiger partial charge in [-0.2, -0.15) is 0 Å². The van der Waals surface area contributed by atoms with E-state index in [-0.39, 0.29) is 23.8 Å². The molecule has 7 heteroatoms. The van der Waals surface area contributed by atoms with Crippen LogP contribution in [0.4, 0.5) is 0 Å². The Morgan fingerprint density at radius 2 is 1.78 bits per heavy atom. The predicted molar refractivity (Wildman–Crippen MR) is 90.0 cm³/mol. The van der Waals surface area contributed by atoms with Crippen molar-refractivity contribution in [3.8, 4) is 5.75 Å². The molecule has 2 N–H and O–H groups in total. The molecule has 0 spiro atoms. The van der Waals surface area contributed by atoms with E-state index in [1.807, 2.05) is 0 Å². The van der Waals surface area contributed by atoms with Crippen LogP contribution in [0.3, 0.4) is 0 Å². The molecule has 0 radical (unpaired) electrons. The lowest BCUT2D eigenvalue weighted by Gasteiger charge is -2.08. The molecule has 130 valence electrons. The second kappa shape index (κ2) is 10.2. The average Bonchev–Trinajstić information content (AvgIpc) is 2.54. The second-order valence-electron chi connectivity index (χ2n) is 5.23. The van der Waals surface area contributed by atoms with Gasteiger partial charge in [-0.3, -0.25) is 4.79 Å². The lowest BCUT2D eigenvalue weighted by atomic mass is 10.2. The standard InChI is InChI=1S/C16H26N2O4S/c1-3-4-5-6-12-17-16(19)11-13-18-23(20,21)15-9-7-14(22-2)8-10-15/h7-10,18H,3-6,11-13H2,1-2H3,(H,17,19). The summed E-state index contributed by atoms with van der Waals surface area (Å²) in [6.07, 6.45) is 4.50. The lowest BCUT2D eigenvalue weighted by Crippen LogP contribution is -2.31. The van der Waals surface area contributed by atoms with Crippen LogP contribution in [0.25, 0.3) is 0 Å². The van der Waals surface area contributed by atoms with E-state index in [9.17, 15) is 13.2 Å². The minimum Gasteiger partial charge on any atom is -0.497 e. The molecule has 0 aliphatic heterocycles. The molecule has 0 saturated carbocycles. The molecule has 0 aromatic heterocycles. The van der Waals surface area contributed by atoms with Crippen molar-refractivity contribution in [1.29, 1.82) is 0 Å². The molecule has 1 rings (SSSR count). The summed E-state index contributed by atoms with van der Waals surface area (Å²) in [6.45, 7) is 2.85. The summed E-state index contributed by atoms with van der Waals surface area (Å²) in [7, 11) is -2.08. The van der Waals surface area contributed by atoms with Crippen LogP contribution in [0.2, 0.25) is 0 Å². The maximum Gasteiger partial charge on any atom is 0.240 e. The zero-order valence-electron chi connectivity index (χ0n) is 13.8. The van der Waals surface area contributed by atoms with Crippen molar-refractivity contribution in [2.75, 3.05) is 20.2 Å². The van der Waals surface area contributed by atoms with Gasteiger partial charge in [0.05, 0.1) is 12.0 Å². The molecule has 1 aromatic carbocycles. The van der Waals surface area contributed by atoms with Crippen molar-refractivity contribution in [1.82, 2.24) is 10.0 Å². The Hall–Kier alpha value is -1.60. The third-order valence-corrected chi connectivity index (χ3v) is 4.84. The number of amides is 1. The normalized spacial score (nSPS) is 11.2. The van der Waals surface area contributed by atoms with E-state index in [1.54, 1.807) is 12.1 Å². The van der Waals surface area contributed by atoms with Crippen LogP contribution in [-0.4, -0.2) is 34.5 Å². The molecule has 0 saturated heterocycles. The van der Waals surface area contributed by atoms with Crippen LogP contribution < -0.4 is 14.8 Å². The third-order valence-electron chi connectivity index (χ3n) is 3.37. The molecule has 0 heterocycles. The van der Waals surface area contributed by atoms with E-state index in [0.717, 1.165) is 25.7 Å². The van der Waals surface area contributed by atoms with Crippen molar-refractivity contribution in [3.63, 3.8) is 0 Å². The van der Waals surface area contributed by atoms with E-state index in [1.165, 1.54) is 19.2 Å². The summed E-state index contributed by atoms with van der Waals surface area (Å²) < 4.78 is 31.5. The van der Waals surface area contributed by atoms with E-state index >= 15 is 0 Å². The van der Waals surface area contributed by atoms with Gasteiger partial charge < -0.3 is 10.1 Å². The Bertz CT molecular complexity index is 570. The monoisotopic (exact) mass is 342 g/mol. The molecule has 1 aromatic rings. The van der Waals surface area contributed by atoms with Crippen molar-refractivity contribution in [2.45, 2.75) is 43.9 Å². The van der Waals surface area contributed by atoms with Gasteiger partial charge in [0.1, 0.15) is 5.75 Å². The highest BCUT2D eigenvalue weighted by Crippen LogP contribution is 2.15. The molecular weight excluding hydrogens is 316 g/mol. The number of nitrogens with one attached hydrogen (secondary N) is 2. The van der Waals surface area contributed by atoms with Gasteiger partial charge in [0, 0.05) is 19.5 Å². The van der Waals surface area contributed by atoms with Crippen molar-refractivity contribution >= 4 is 15.9 Å². The number of unbranched alkanes of at least 4 members (excludes halogenated alkanes) is 3.